The Morgan fingerprint density at radius 1 is 0.667 bits per heavy atom. The maximum atomic E-state index is 2.64. The third-order valence-electron chi connectivity index (χ3n) is 7.47. The van der Waals surface area contributed by atoms with Crippen LogP contribution in [-0.4, -0.2) is 0 Å². The normalized spacial score (nSPS) is 33.8. The average molecular weight is 320 g/mol. The SMILES string of the molecule is CC1=C[C](C)([Ti]([CH3])([CH3])[C]2(C)C=C(C)C(C)=C2C)C(C)=C1C. The zero-order valence-corrected chi connectivity index (χ0v) is 17.2. The zero-order chi connectivity index (χ0) is 16.4. The number of hydrogen-bond donors (Lipinski definition) is 0. The summed E-state index contributed by atoms with van der Waals surface area (Å²) in [6.45, 7) is 18.9. The molecule has 0 aromatic carbocycles. The van der Waals surface area contributed by atoms with Crippen molar-refractivity contribution in [3.8, 4) is 0 Å². The van der Waals surface area contributed by atoms with Gasteiger partial charge in [0.15, 0.2) is 0 Å². The summed E-state index contributed by atoms with van der Waals surface area (Å²) in [7, 11) is 0. The summed E-state index contributed by atoms with van der Waals surface area (Å²) in [6, 6.07) is 0. The first kappa shape index (κ1) is 17.0. The number of rotatable bonds is 2. The molecule has 0 aliphatic heterocycles. The van der Waals surface area contributed by atoms with Crippen LogP contribution < -0.4 is 0 Å². The molecule has 0 nitrogen and oxygen atoms in total. The van der Waals surface area contributed by atoms with Crippen LogP contribution in [0.1, 0.15) is 55.4 Å². The van der Waals surface area contributed by atoms with Gasteiger partial charge in [-0.15, -0.1) is 0 Å². The standard InChI is InChI=1S/2C9H13.2CH3.Ti/c2*1-6-5-7(2)9(4)8(6)3;;;/h2*5H,1-4H3;2*1H3;. The van der Waals surface area contributed by atoms with Gasteiger partial charge in [0.25, 0.3) is 0 Å². The third kappa shape index (κ3) is 1.98. The fourth-order valence-corrected chi connectivity index (χ4v) is 11.5. The van der Waals surface area contributed by atoms with Crippen LogP contribution >= 0.6 is 0 Å². The zero-order valence-electron chi connectivity index (χ0n) is 15.7. The van der Waals surface area contributed by atoms with E-state index in [0.717, 1.165) is 0 Å². The second-order valence-electron chi connectivity index (χ2n) is 8.18. The van der Waals surface area contributed by atoms with Crippen molar-refractivity contribution in [1.82, 2.24) is 0 Å². The molecule has 0 heterocycles. The van der Waals surface area contributed by atoms with Crippen molar-refractivity contribution in [2.24, 2.45) is 0 Å². The van der Waals surface area contributed by atoms with Crippen molar-refractivity contribution < 1.29 is 16.6 Å². The van der Waals surface area contributed by atoms with Gasteiger partial charge in [0, 0.05) is 0 Å². The fourth-order valence-electron chi connectivity index (χ4n) is 4.51. The fraction of sp³-hybridized carbons (Fsp3) is 0.600. The predicted molar refractivity (Wildman–Crippen MR) is 92.7 cm³/mol. The first-order valence-electron chi connectivity index (χ1n) is 8.15. The summed E-state index contributed by atoms with van der Waals surface area (Å²) in [5.41, 5.74) is 9.28. The molecular weight excluding hydrogens is 288 g/mol. The van der Waals surface area contributed by atoms with Crippen LogP contribution in [0, 0.1) is 0 Å². The molecule has 0 N–H and O–H groups in total. The predicted octanol–water partition coefficient (Wildman–Crippen LogP) is 7.19. The summed E-state index contributed by atoms with van der Waals surface area (Å²) in [5.74, 6) is 0. The average Bonchev–Trinajstić information content (AvgIpc) is 2.72. The van der Waals surface area contributed by atoms with E-state index >= 15 is 0 Å². The Bertz CT molecular complexity index is 570. The molecule has 0 saturated heterocycles. The molecule has 2 rings (SSSR count). The molecule has 116 valence electrons. The Balaban J connectivity index is 2.66. The molecule has 0 fully saturated rings. The van der Waals surface area contributed by atoms with Crippen molar-refractivity contribution in [2.75, 3.05) is 0 Å². The third-order valence-corrected chi connectivity index (χ3v) is 17.2. The molecule has 2 aliphatic rings. The first-order chi connectivity index (χ1) is 9.40. The van der Waals surface area contributed by atoms with Crippen LogP contribution in [0.4, 0.5) is 0 Å². The van der Waals surface area contributed by atoms with Crippen molar-refractivity contribution in [3.05, 3.63) is 45.6 Å². The van der Waals surface area contributed by atoms with E-state index in [-0.39, 0.29) is 0 Å². The molecular formula is C20H32Ti. The van der Waals surface area contributed by atoms with Gasteiger partial charge < -0.3 is 0 Å². The van der Waals surface area contributed by atoms with E-state index in [9.17, 15) is 0 Å². The summed E-state index contributed by atoms with van der Waals surface area (Å²) in [4.78, 5) is 0. The van der Waals surface area contributed by atoms with Gasteiger partial charge >= 0.3 is 135 Å². The van der Waals surface area contributed by atoms with Crippen LogP contribution in [0.5, 0.6) is 0 Å². The monoisotopic (exact) mass is 320 g/mol. The number of allylic oxidation sites excluding steroid dienone is 8. The molecule has 2 aliphatic carbocycles. The van der Waals surface area contributed by atoms with Gasteiger partial charge in [-0.05, 0) is 0 Å². The van der Waals surface area contributed by atoms with E-state index < -0.39 is 16.6 Å². The van der Waals surface area contributed by atoms with Gasteiger partial charge in [-0.1, -0.05) is 0 Å². The molecule has 1 heteroatoms. The van der Waals surface area contributed by atoms with Gasteiger partial charge in [0.1, 0.15) is 0 Å². The van der Waals surface area contributed by atoms with Crippen molar-refractivity contribution in [1.29, 1.82) is 0 Å². The Morgan fingerprint density at radius 2 is 0.952 bits per heavy atom. The Kier molecular flexibility index (Phi) is 3.92. The molecule has 0 saturated carbocycles. The van der Waals surface area contributed by atoms with Crippen molar-refractivity contribution in [2.45, 2.75) is 73.3 Å². The minimum atomic E-state index is -2.27. The molecule has 21 heavy (non-hydrogen) atoms. The first-order valence-corrected chi connectivity index (χ1v) is 12.8. The van der Waals surface area contributed by atoms with Crippen LogP contribution in [0.25, 0.3) is 0 Å². The Labute approximate surface area is 135 Å². The number of hydrogen-bond acceptors (Lipinski definition) is 0. The molecule has 2 atom stereocenters. The molecule has 0 aromatic heterocycles. The molecule has 0 radical (unpaired) electrons. The summed E-state index contributed by atoms with van der Waals surface area (Å²) in [5, 5.41) is 5.27. The van der Waals surface area contributed by atoms with Crippen molar-refractivity contribution in [3.63, 3.8) is 0 Å². The van der Waals surface area contributed by atoms with E-state index in [2.05, 4.69) is 78.0 Å². The van der Waals surface area contributed by atoms with E-state index in [4.69, 9.17) is 0 Å². The van der Waals surface area contributed by atoms with Crippen molar-refractivity contribution >= 4 is 0 Å². The topological polar surface area (TPSA) is 0 Å². The molecule has 0 spiro atoms. The Morgan fingerprint density at radius 3 is 1.14 bits per heavy atom. The van der Waals surface area contributed by atoms with Gasteiger partial charge in [0.2, 0.25) is 0 Å². The summed E-state index contributed by atoms with van der Waals surface area (Å²) < 4.78 is 0.594. The second kappa shape index (κ2) is 4.83. The molecule has 0 bridgehead atoms. The van der Waals surface area contributed by atoms with Crippen LogP contribution in [0.15, 0.2) is 45.6 Å². The van der Waals surface area contributed by atoms with E-state index in [1.807, 2.05) is 0 Å². The van der Waals surface area contributed by atoms with Gasteiger partial charge in [-0.3, -0.25) is 0 Å². The second-order valence-corrected chi connectivity index (χ2v) is 16.5. The van der Waals surface area contributed by atoms with Crippen LogP contribution in [0.3, 0.4) is 0 Å². The van der Waals surface area contributed by atoms with Gasteiger partial charge in [-0.2, -0.15) is 0 Å². The molecule has 2 unspecified atom stereocenters. The van der Waals surface area contributed by atoms with Crippen LogP contribution in [0.2, 0.25) is 17.9 Å². The maximum absolute atomic E-state index is 2.64. The summed E-state index contributed by atoms with van der Waals surface area (Å²) >= 11 is -2.27. The van der Waals surface area contributed by atoms with E-state index in [0.29, 0.717) is 7.44 Å². The van der Waals surface area contributed by atoms with E-state index in [1.54, 1.807) is 11.1 Å². The van der Waals surface area contributed by atoms with E-state index in [1.165, 1.54) is 22.3 Å². The summed E-state index contributed by atoms with van der Waals surface area (Å²) in [6.07, 6.45) is 5.18. The van der Waals surface area contributed by atoms with Gasteiger partial charge in [-0.25, -0.2) is 0 Å². The van der Waals surface area contributed by atoms with Gasteiger partial charge in [0.05, 0.1) is 0 Å². The molecule has 0 amide bonds. The Hall–Kier alpha value is -0.326. The quantitative estimate of drug-likeness (QED) is 0.472. The molecule has 0 aromatic rings. The minimum absolute atomic E-state index is 0.297. The van der Waals surface area contributed by atoms with Crippen LogP contribution in [-0.2, 0) is 16.6 Å².